The molecular formula is C84H147NO8P+. The first-order valence-electron chi connectivity index (χ1n) is 38.9. The minimum Gasteiger partial charge on any atom is -0.462 e. The Morgan fingerprint density at radius 2 is 0.606 bits per heavy atom. The highest BCUT2D eigenvalue weighted by atomic mass is 31.2. The van der Waals surface area contributed by atoms with Crippen molar-refractivity contribution in [1.82, 2.24) is 0 Å². The van der Waals surface area contributed by atoms with E-state index in [1.54, 1.807) is 0 Å². The van der Waals surface area contributed by atoms with E-state index in [1.165, 1.54) is 193 Å². The number of carbonyl (C=O) groups is 2. The van der Waals surface area contributed by atoms with Crippen LogP contribution in [0.15, 0.2) is 134 Å². The van der Waals surface area contributed by atoms with Gasteiger partial charge in [-0.05, 0) is 116 Å². The minimum absolute atomic E-state index is 0.0272. The number of likely N-dealkylation sites (N-methyl/N-ethyl adjacent to an activating group) is 1. The third-order valence-corrected chi connectivity index (χ3v) is 17.6. The lowest BCUT2D eigenvalue weighted by Crippen LogP contribution is -2.37. The molecule has 0 radical (unpaired) electrons. The monoisotopic (exact) mass is 1330 g/mol. The molecule has 0 aromatic carbocycles. The van der Waals surface area contributed by atoms with Crippen molar-refractivity contribution in [3.63, 3.8) is 0 Å². The molecule has 2 unspecified atom stereocenters. The molecule has 0 aromatic heterocycles. The van der Waals surface area contributed by atoms with Crippen LogP contribution in [0.3, 0.4) is 0 Å². The van der Waals surface area contributed by atoms with Crippen LogP contribution in [0.5, 0.6) is 0 Å². The van der Waals surface area contributed by atoms with Gasteiger partial charge in [-0.1, -0.05) is 340 Å². The third kappa shape index (κ3) is 77.2. The van der Waals surface area contributed by atoms with Gasteiger partial charge in [0.15, 0.2) is 6.10 Å². The first kappa shape index (κ1) is 90.2. The summed E-state index contributed by atoms with van der Waals surface area (Å²) in [5.41, 5.74) is 0. The van der Waals surface area contributed by atoms with Crippen molar-refractivity contribution < 1.29 is 42.1 Å². The normalized spacial score (nSPS) is 13.8. The van der Waals surface area contributed by atoms with Crippen LogP contribution in [0.4, 0.5) is 0 Å². The number of esters is 2. The zero-order valence-corrected chi connectivity index (χ0v) is 62.6. The molecule has 0 aromatic rings. The van der Waals surface area contributed by atoms with Gasteiger partial charge in [0.2, 0.25) is 0 Å². The number of unbranched alkanes of at least 4 members (excludes halogenated alkanes) is 35. The maximum absolute atomic E-state index is 12.9. The Morgan fingerprint density at radius 1 is 0.340 bits per heavy atom. The van der Waals surface area contributed by atoms with Gasteiger partial charge in [-0.15, -0.1) is 0 Å². The van der Waals surface area contributed by atoms with Gasteiger partial charge in [0.1, 0.15) is 19.8 Å². The molecule has 0 spiro atoms. The number of phosphoric ester groups is 1. The molecular weight excluding hydrogens is 1180 g/mol. The predicted molar refractivity (Wildman–Crippen MR) is 408 cm³/mol. The quantitative estimate of drug-likeness (QED) is 0.0211. The van der Waals surface area contributed by atoms with Crippen molar-refractivity contribution in [2.24, 2.45) is 0 Å². The topological polar surface area (TPSA) is 108 Å². The summed E-state index contributed by atoms with van der Waals surface area (Å²) in [4.78, 5) is 36.0. The average Bonchev–Trinajstić information content (AvgIpc) is 1.56. The van der Waals surface area contributed by atoms with Crippen molar-refractivity contribution in [3.05, 3.63) is 134 Å². The molecule has 1 N–H and O–H groups in total. The van der Waals surface area contributed by atoms with Crippen molar-refractivity contribution in [2.75, 3.05) is 47.5 Å². The maximum atomic E-state index is 12.9. The molecule has 94 heavy (non-hydrogen) atoms. The maximum Gasteiger partial charge on any atom is 0.472 e. The van der Waals surface area contributed by atoms with Gasteiger partial charge in [-0.3, -0.25) is 18.6 Å². The van der Waals surface area contributed by atoms with Gasteiger partial charge in [-0.2, -0.15) is 0 Å². The molecule has 0 fully saturated rings. The second-order valence-corrected chi connectivity index (χ2v) is 28.5. The zero-order chi connectivity index (χ0) is 68.3. The van der Waals surface area contributed by atoms with E-state index in [4.69, 9.17) is 18.5 Å². The number of rotatable bonds is 71. The molecule has 0 aliphatic rings. The predicted octanol–water partition coefficient (Wildman–Crippen LogP) is 25.9. The molecule has 0 aliphatic carbocycles. The van der Waals surface area contributed by atoms with Crippen LogP contribution >= 0.6 is 7.82 Å². The molecule has 0 aliphatic heterocycles. The molecule has 0 saturated carbocycles. The first-order valence-corrected chi connectivity index (χ1v) is 40.4. The Hall–Kier alpha value is -3.85. The largest absolute Gasteiger partial charge is 0.472 e. The Labute approximate surface area is 581 Å². The fourth-order valence-electron chi connectivity index (χ4n) is 10.7. The highest BCUT2D eigenvalue weighted by Crippen LogP contribution is 2.43. The van der Waals surface area contributed by atoms with Gasteiger partial charge in [-0.25, -0.2) is 4.57 Å². The van der Waals surface area contributed by atoms with Crippen LogP contribution in [0.2, 0.25) is 0 Å². The van der Waals surface area contributed by atoms with Gasteiger partial charge in [0.05, 0.1) is 27.7 Å². The molecule has 0 bridgehead atoms. The van der Waals surface area contributed by atoms with E-state index in [1.807, 2.05) is 21.1 Å². The number of carbonyl (C=O) groups excluding carboxylic acids is 2. The Morgan fingerprint density at radius 3 is 0.904 bits per heavy atom. The van der Waals surface area contributed by atoms with Crippen molar-refractivity contribution in [3.8, 4) is 0 Å². The van der Waals surface area contributed by atoms with Crippen LogP contribution in [0.1, 0.15) is 335 Å². The summed E-state index contributed by atoms with van der Waals surface area (Å²) in [6.45, 7) is 4.33. The fraction of sp³-hybridized carbons (Fsp3) is 0.714. The lowest BCUT2D eigenvalue weighted by Gasteiger charge is -2.24. The van der Waals surface area contributed by atoms with Crippen molar-refractivity contribution >= 4 is 19.8 Å². The molecule has 10 heteroatoms. The van der Waals surface area contributed by atoms with Gasteiger partial charge in [0.25, 0.3) is 0 Å². The van der Waals surface area contributed by atoms with Crippen LogP contribution in [-0.2, 0) is 32.7 Å². The number of allylic oxidation sites excluding steroid dienone is 22. The zero-order valence-electron chi connectivity index (χ0n) is 61.7. The molecule has 0 amide bonds. The molecule has 0 saturated heterocycles. The van der Waals surface area contributed by atoms with Crippen molar-refractivity contribution in [1.29, 1.82) is 0 Å². The molecule has 0 rings (SSSR count). The standard InChI is InChI=1S/C84H146NO8P/c1-6-8-10-12-14-16-18-20-22-24-26-28-30-32-34-36-38-39-40-41-42-43-44-45-47-49-51-53-55-57-59-61-63-65-67-69-71-73-75-77-84(87)93-82(81-92-94(88,89)91-79-78-85(3,4)5)80-90-83(86)76-74-72-70-68-66-64-62-60-58-56-54-52-50-48-46-37-35-33-31-29-27-25-23-21-19-17-15-13-11-9-7-2/h8,10,14,16,19-22,25-28,32,34,38-39,41-42,44-45,49,51,82H,6-7,9,11-13,15,17-18,23-24,29-31,33,35-37,40,43,46-48,50,52-81H2,1-5H3/p+1/b10-8-,16-14-,21-19-,22-20-,27-25-,28-26-,34-32-,39-38-,42-41-,45-44-,51-49-. The van der Waals surface area contributed by atoms with Crippen LogP contribution in [0, 0.1) is 0 Å². The van der Waals surface area contributed by atoms with Crippen LogP contribution < -0.4 is 0 Å². The summed E-state index contributed by atoms with van der Waals surface area (Å²) in [5.74, 6) is -0.794. The highest BCUT2D eigenvalue weighted by molar-refractivity contribution is 7.47. The van der Waals surface area contributed by atoms with E-state index < -0.39 is 26.5 Å². The SMILES string of the molecule is CC/C=C\C/C=C\C/C=C\C/C=C\C/C=C\C/C=C\C/C=C\C/C=C\C/C=C\CCCCCCCCCCCCCC(=O)OC(COC(=O)CCCCCCCCCCCCCCCCCCCCC/C=C\C/C=C\CCCCCCC)COP(=O)(O)OCC[N+](C)(C)C. The Kier molecular flexibility index (Phi) is 70.4. The first-order chi connectivity index (χ1) is 46.0. The number of nitrogens with zero attached hydrogens (tertiary/aromatic N) is 1. The summed E-state index contributed by atoms with van der Waals surface area (Å²) in [7, 11) is 1.47. The Balaban J connectivity index is 4.03. The molecule has 9 nitrogen and oxygen atoms in total. The van der Waals surface area contributed by atoms with Crippen LogP contribution in [-0.4, -0.2) is 74.9 Å². The number of ether oxygens (including phenoxy) is 2. The molecule has 540 valence electrons. The van der Waals surface area contributed by atoms with Crippen LogP contribution in [0.25, 0.3) is 0 Å². The minimum atomic E-state index is -4.40. The van der Waals surface area contributed by atoms with E-state index in [9.17, 15) is 19.0 Å². The van der Waals surface area contributed by atoms with E-state index in [0.717, 1.165) is 109 Å². The number of hydrogen-bond acceptors (Lipinski definition) is 7. The summed E-state index contributed by atoms with van der Waals surface area (Å²) in [6, 6.07) is 0. The number of phosphoric acid groups is 1. The van der Waals surface area contributed by atoms with Crippen molar-refractivity contribution in [2.45, 2.75) is 341 Å². The van der Waals surface area contributed by atoms with Gasteiger partial charge in [0, 0.05) is 12.8 Å². The van der Waals surface area contributed by atoms with E-state index in [-0.39, 0.29) is 32.0 Å². The summed E-state index contributed by atoms with van der Waals surface area (Å²) < 4.78 is 34.8. The summed E-state index contributed by atoms with van der Waals surface area (Å²) in [6.07, 6.45) is 107. The van der Waals surface area contributed by atoms with Gasteiger partial charge < -0.3 is 18.9 Å². The second-order valence-electron chi connectivity index (χ2n) is 27.0. The average molecular weight is 1330 g/mol. The number of hydrogen-bond donors (Lipinski definition) is 1. The van der Waals surface area contributed by atoms with E-state index in [2.05, 4.69) is 148 Å². The van der Waals surface area contributed by atoms with Gasteiger partial charge >= 0.3 is 19.8 Å². The smallest absolute Gasteiger partial charge is 0.462 e. The molecule has 2 atom stereocenters. The highest BCUT2D eigenvalue weighted by Gasteiger charge is 2.27. The summed E-state index contributed by atoms with van der Waals surface area (Å²) in [5, 5.41) is 0. The third-order valence-electron chi connectivity index (χ3n) is 16.7. The fourth-order valence-corrected chi connectivity index (χ4v) is 11.5. The van der Waals surface area contributed by atoms with E-state index in [0.29, 0.717) is 17.4 Å². The summed E-state index contributed by atoms with van der Waals surface area (Å²) >= 11 is 0. The Bertz CT molecular complexity index is 2050. The molecule has 0 heterocycles. The lowest BCUT2D eigenvalue weighted by molar-refractivity contribution is -0.870. The number of quaternary nitrogens is 1. The van der Waals surface area contributed by atoms with E-state index >= 15 is 0 Å². The lowest BCUT2D eigenvalue weighted by atomic mass is 10.0. The second kappa shape index (κ2) is 73.4.